The summed E-state index contributed by atoms with van der Waals surface area (Å²) in [7, 11) is 0. The maximum atomic E-state index is 15.3. The number of hydrogen-bond donors (Lipinski definition) is 0. The summed E-state index contributed by atoms with van der Waals surface area (Å²) in [5.41, 5.74) is 2.44. The lowest BCUT2D eigenvalue weighted by molar-refractivity contribution is 0.537. The Morgan fingerprint density at radius 3 is 1.60 bits per heavy atom. The van der Waals surface area contributed by atoms with E-state index in [2.05, 4.69) is 0 Å². The first-order valence-electron chi connectivity index (χ1n) is 10.3. The van der Waals surface area contributed by atoms with Crippen LogP contribution in [0.1, 0.15) is 75.3 Å². The molecule has 0 aliphatic rings. The molecule has 3 aromatic rings. The van der Waals surface area contributed by atoms with Crippen LogP contribution in [0, 0.1) is 17.5 Å². The van der Waals surface area contributed by atoms with Crippen LogP contribution in [0.4, 0.5) is 13.2 Å². The predicted molar refractivity (Wildman–Crippen MR) is 118 cm³/mol. The molecule has 0 aliphatic heterocycles. The van der Waals surface area contributed by atoms with Crippen LogP contribution in [-0.4, -0.2) is 0 Å². The van der Waals surface area contributed by atoms with Gasteiger partial charge in [0.05, 0.1) is 0 Å². The van der Waals surface area contributed by atoms with Crippen LogP contribution in [0.2, 0.25) is 0 Å². The summed E-state index contributed by atoms with van der Waals surface area (Å²) >= 11 is 0. The topological polar surface area (TPSA) is 0 Å². The molecule has 0 nitrogen and oxygen atoms in total. The van der Waals surface area contributed by atoms with Crippen molar-refractivity contribution in [1.82, 2.24) is 0 Å². The monoisotopic (exact) mass is 410 g/mol. The van der Waals surface area contributed by atoms with Gasteiger partial charge in [0, 0.05) is 10.8 Å². The number of benzene rings is 3. The first-order valence-corrected chi connectivity index (χ1v) is 10.3. The van der Waals surface area contributed by atoms with Crippen molar-refractivity contribution in [3.63, 3.8) is 0 Å². The molecule has 0 radical (unpaired) electrons. The van der Waals surface area contributed by atoms with Gasteiger partial charge in [0.2, 0.25) is 0 Å². The molecular formula is C27H29F3. The first kappa shape index (κ1) is 22.1. The summed E-state index contributed by atoms with van der Waals surface area (Å²) in [5, 5.41) is 0. The molecule has 0 unspecified atom stereocenters. The number of hydrogen-bond acceptors (Lipinski definition) is 0. The molecule has 0 atom stereocenters. The molecule has 0 N–H and O–H groups in total. The van der Waals surface area contributed by atoms with Crippen LogP contribution < -0.4 is 0 Å². The Morgan fingerprint density at radius 2 is 1.10 bits per heavy atom. The summed E-state index contributed by atoms with van der Waals surface area (Å²) in [5.74, 6) is -0.769. The third-order valence-electron chi connectivity index (χ3n) is 6.27. The highest BCUT2D eigenvalue weighted by atomic mass is 19.1. The van der Waals surface area contributed by atoms with E-state index in [0.29, 0.717) is 11.1 Å². The highest BCUT2D eigenvalue weighted by Gasteiger charge is 2.30. The van der Waals surface area contributed by atoms with Gasteiger partial charge >= 0.3 is 0 Å². The average molecular weight is 411 g/mol. The van der Waals surface area contributed by atoms with Crippen LogP contribution >= 0.6 is 0 Å². The zero-order valence-corrected chi connectivity index (χ0v) is 18.5. The fraction of sp³-hybridized carbons (Fsp3) is 0.333. The van der Waals surface area contributed by atoms with E-state index in [4.69, 9.17) is 0 Å². The molecule has 3 aromatic carbocycles. The zero-order valence-electron chi connectivity index (χ0n) is 18.5. The molecule has 0 fully saturated rings. The van der Waals surface area contributed by atoms with Crippen molar-refractivity contribution < 1.29 is 13.2 Å². The second-order valence-electron chi connectivity index (χ2n) is 9.34. The van der Waals surface area contributed by atoms with Gasteiger partial charge in [-0.25, -0.2) is 13.2 Å². The van der Waals surface area contributed by atoms with Gasteiger partial charge in [-0.1, -0.05) is 77.9 Å². The summed E-state index contributed by atoms with van der Waals surface area (Å²) in [4.78, 5) is 0. The van der Waals surface area contributed by atoms with Gasteiger partial charge in [0.25, 0.3) is 0 Å². The molecule has 0 bridgehead atoms. The summed E-state index contributed by atoms with van der Waals surface area (Å²) in [6.45, 7) is 11.7. The van der Waals surface area contributed by atoms with E-state index in [0.717, 1.165) is 16.7 Å². The van der Waals surface area contributed by atoms with Crippen molar-refractivity contribution in [3.8, 4) is 0 Å². The molecule has 0 spiro atoms. The molecule has 3 rings (SSSR count). The summed E-state index contributed by atoms with van der Waals surface area (Å²) in [6.07, 6.45) is 0. The van der Waals surface area contributed by atoms with Gasteiger partial charge in [0.15, 0.2) is 0 Å². The van der Waals surface area contributed by atoms with Crippen molar-refractivity contribution >= 4 is 0 Å². The molecule has 0 aliphatic carbocycles. The SMILES string of the molecule is CC(C)c1ccc(C(C)(C)c2ccc(C(C)(C)c3ccc(F)cc3)c(F)c2)cc1F. The van der Waals surface area contributed by atoms with E-state index in [1.165, 1.54) is 18.2 Å². The molecule has 0 saturated carbocycles. The smallest absolute Gasteiger partial charge is 0.127 e. The minimum atomic E-state index is -0.620. The maximum absolute atomic E-state index is 15.3. The Labute approximate surface area is 177 Å². The fourth-order valence-electron chi connectivity index (χ4n) is 3.98. The molecule has 0 saturated heterocycles. The van der Waals surface area contributed by atoms with E-state index in [1.54, 1.807) is 24.3 Å². The van der Waals surface area contributed by atoms with Crippen molar-refractivity contribution in [2.45, 2.75) is 58.3 Å². The van der Waals surface area contributed by atoms with E-state index < -0.39 is 10.8 Å². The lowest BCUT2D eigenvalue weighted by Gasteiger charge is -2.30. The standard InChI is InChI=1S/C27H29F3/c1-17(2)22-13-9-19(15-24(22)29)26(3,4)20-10-14-23(25(30)16-20)27(5,6)18-7-11-21(28)12-8-18/h7-17H,1-6H3. The van der Waals surface area contributed by atoms with E-state index in [9.17, 15) is 8.78 Å². The normalized spacial score (nSPS) is 12.5. The van der Waals surface area contributed by atoms with Crippen molar-refractivity contribution in [3.05, 3.63) is 106 Å². The van der Waals surface area contributed by atoms with Gasteiger partial charge in [-0.15, -0.1) is 0 Å². The Balaban J connectivity index is 1.99. The van der Waals surface area contributed by atoms with Crippen LogP contribution in [0.5, 0.6) is 0 Å². The van der Waals surface area contributed by atoms with Crippen LogP contribution in [0.3, 0.4) is 0 Å². The second kappa shape index (κ2) is 7.94. The van der Waals surface area contributed by atoms with E-state index >= 15 is 4.39 Å². The van der Waals surface area contributed by atoms with Gasteiger partial charge in [0.1, 0.15) is 17.5 Å². The van der Waals surface area contributed by atoms with Crippen LogP contribution in [0.25, 0.3) is 0 Å². The van der Waals surface area contributed by atoms with Crippen LogP contribution in [-0.2, 0) is 10.8 Å². The third kappa shape index (κ3) is 4.03. The van der Waals surface area contributed by atoms with Gasteiger partial charge in [-0.3, -0.25) is 0 Å². The Hall–Kier alpha value is -2.55. The highest BCUT2D eigenvalue weighted by molar-refractivity contribution is 5.44. The number of halogens is 3. The van der Waals surface area contributed by atoms with Crippen molar-refractivity contribution in [2.24, 2.45) is 0 Å². The third-order valence-corrected chi connectivity index (χ3v) is 6.27. The molecular weight excluding hydrogens is 381 g/mol. The minimum Gasteiger partial charge on any atom is -0.207 e. The zero-order chi connectivity index (χ0) is 22.3. The lowest BCUT2D eigenvalue weighted by Crippen LogP contribution is -2.23. The Kier molecular flexibility index (Phi) is 5.86. The van der Waals surface area contributed by atoms with Gasteiger partial charge in [-0.05, 0) is 58.0 Å². The minimum absolute atomic E-state index is 0.104. The summed E-state index contributed by atoms with van der Waals surface area (Å²) < 4.78 is 43.1. The fourth-order valence-corrected chi connectivity index (χ4v) is 3.98. The lowest BCUT2D eigenvalue weighted by atomic mass is 9.74. The van der Waals surface area contributed by atoms with E-state index in [1.807, 2.05) is 59.7 Å². The quantitative estimate of drug-likeness (QED) is 0.401. The highest BCUT2D eigenvalue weighted by Crippen LogP contribution is 2.38. The molecule has 0 heterocycles. The molecule has 30 heavy (non-hydrogen) atoms. The van der Waals surface area contributed by atoms with Crippen LogP contribution in [0.15, 0.2) is 60.7 Å². The second-order valence-corrected chi connectivity index (χ2v) is 9.34. The van der Waals surface area contributed by atoms with Crippen molar-refractivity contribution in [1.29, 1.82) is 0 Å². The first-order chi connectivity index (χ1) is 13.9. The molecule has 0 amide bonds. The predicted octanol–water partition coefficient (Wildman–Crippen LogP) is 7.88. The average Bonchev–Trinajstić information content (AvgIpc) is 2.67. The largest absolute Gasteiger partial charge is 0.207 e. The summed E-state index contributed by atoms with van der Waals surface area (Å²) in [6, 6.07) is 16.7. The number of rotatable bonds is 5. The molecule has 3 heteroatoms. The van der Waals surface area contributed by atoms with Gasteiger partial charge in [-0.2, -0.15) is 0 Å². The Bertz CT molecular complexity index is 1040. The van der Waals surface area contributed by atoms with E-state index in [-0.39, 0.29) is 23.4 Å². The Morgan fingerprint density at radius 1 is 0.600 bits per heavy atom. The molecule has 158 valence electrons. The molecule has 0 aromatic heterocycles. The van der Waals surface area contributed by atoms with Crippen molar-refractivity contribution in [2.75, 3.05) is 0 Å². The van der Waals surface area contributed by atoms with Gasteiger partial charge < -0.3 is 0 Å². The maximum Gasteiger partial charge on any atom is 0.127 e.